The van der Waals surface area contributed by atoms with Crippen LogP contribution in [0.1, 0.15) is 38.3 Å². The van der Waals surface area contributed by atoms with Crippen molar-refractivity contribution in [3.05, 3.63) is 29.3 Å². The lowest BCUT2D eigenvalue weighted by Gasteiger charge is -2.23. The Hall–Kier alpha value is -1.06. The van der Waals surface area contributed by atoms with Crippen LogP contribution in [-0.2, 0) is 6.54 Å². The van der Waals surface area contributed by atoms with Gasteiger partial charge in [-0.2, -0.15) is 0 Å². The maximum Gasteiger partial charge on any atom is 0.0810 e. The third kappa shape index (κ3) is 3.71. The maximum absolute atomic E-state index is 10.1. The standard InChI is InChI=1S/C16H26N2O/c1-12(2)17-10-14-5-6-15(13(3)9-14)18-8-7-16(4,19)11-18/h5-6,9,12,17,19H,7-8,10-11H2,1-4H3. The second-order valence-electron chi connectivity index (χ2n) is 6.32. The van der Waals surface area contributed by atoms with Crippen molar-refractivity contribution in [3.8, 4) is 0 Å². The molecule has 19 heavy (non-hydrogen) atoms. The fourth-order valence-corrected chi connectivity index (χ4v) is 2.66. The van der Waals surface area contributed by atoms with Crippen LogP contribution in [-0.4, -0.2) is 29.8 Å². The van der Waals surface area contributed by atoms with Crippen molar-refractivity contribution in [1.82, 2.24) is 5.32 Å². The lowest BCUT2D eigenvalue weighted by molar-refractivity contribution is 0.0839. The zero-order chi connectivity index (χ0) is 14.0. The largest absolute Gasteiger partial charge is 0.388 e. The molecular formula is C16H26N2O. The molecule has 0 saturated carbocycles. The van der Waals surface area contributed by atoms with E-state index < -0.39 is 5.60 Å². The molecule has 1 heterocycles. The summed E-state index contributed by atoms with van der Waals surface area (Å²) in [6.07, 6.45) is 0.850. The van der Waals surface area contributed by atoms with Gasteiger partial charge in [-0.1, -0.05) is 26.0 Å². The number of benzene rings is 1. The molecule has 3 nitrogen and oxygen atoms in total. The zero-order valence-corrected chi connectivity index (χ0v) is 12.5. The Morgan fingerprint density at radius 1 is 1.42 bits per heavy atom. The summed E-state index contributed by atoms with van der Waals surface area (Å²) < 4.78 is 0. The first-order valence-corrected chi connectivity index (χ1v) is 7.18. The molecule has 0 amide bonds. The number of rotatable bonds is 4. The Bertz CT molecular complexity index is 440. The number of anilines is 1. The predicted molar refractivity (Wildman–Crippen MR) is 80.6 cm³/mol. The second-order valence-corrected chi connectivity index (χ2v) is 6.32. The molecule has 1 unspecified atom stereocenters. The van der Waals surface area contributed by atoms with Gasteiger partial charge in [0.2, 0.25) is 0 Å². The molecule has 0 aromatic heterocycles. The normalized spacial score (nSPS) is 23.4. The van der Waals surface area contributed by atoms with Crippen LogP contribution in [0, 0.1) is 6.92 Å². The highest BCUT2D eigenvalue weighted by atomic mass is 16.3. The van der Waals surface area contributed by atoms with E-state index in [9.17, 15) is 5.11 Å². The summed E-state index contributed by atoms with van der Waals surface area (Å²) in [5, 5.41) is 13.5. The van der Waals surface area contributed by atoms with Crippen LogP contribution >= 0.6 is 0 Å². The summed E-state index contributed by atoms with van der Waals surface area (Å²) in [7, 11) is 0. The smallest absolute Gasteiger partial charge is 0.0810 e. The average molecular weight is 262 g/mol. The van der Waals surface area contributed by atoms with Gasteiger partial charge in [0.1, 0.15) is 0 Å². The fraction of sp³-hybridized carbons (Fsp3) is 0.625. The van der Waals surface area contributed by atoms with Gasteiger partial charge in [-0.25, -0.2) is 0 Å². The second kappa shape index (κ2) is 5.51. The lowest BCUT2D eigenvalue weighted by Crippen LogP contribution is -2.30. The number of β-amino-alcohol motifs (C(OH)–C–C–N with tert-alkyl or cyclic N) is 1. The maximum atomic E-state index is 10.1. The quantitative estimate of drug-likeness (QED) is 0.875. The summed E-state index contributed by atoms with van der Waals surface area (Å²) in [6, 6.07) is 7.13. The minimum absolute atomic E-state index is 0.508. The van der Waals surface area contributed by atoms with E-state index in [1.54, 1.807) is 0 Å². The first-order chi connectivity index (χ1) is 8.87. The molecule has 106 valence electrons. The molecule has 1 aromatic carbocycles. The predicted octanol–water partition coefficient (Wildman–Crippen LogP) is 2.45. The van der Waals surface area contributed by atoms with E-state index in [0.717, 1.165) is 26.1 Å². The highest BCUT2D eigenvalue weighted by Crippen LogP contribution is 2.29. The molecule has 3 heteroatoms. The van der Waals surface area contributed by atoms with Gasteiger partial charge in [-0.05, 0) is 37.5 Å². The SMILES string of the molecule is Cc1cc(CNC(C)C)ccc1N1CCC(C)(O)C1. The number of hydrogen-bond donors (Lipinski definition) is 2. The summed E-state index contributed by atoms with van der Waals surface area (Å²) in [4.78, 5) is 2.29. The number of aryl methyl sites for hydroxylation is 1. The molecule has 1 saturated heterocycles. The first kappa shape index (κ1) is 14.4. The van der Waals surface area contributed by atoms with Crippen molar-refractivity contribution >= 4 is 5.69 Å². The van der Waals surface area contributed by atoms with E-state index in [1.165, 1.54) is 16.8 Å². The van der Waals surface area contributed by atoms with Gasteiger partial charge in [-0.15, -0.1) is 0 Å². The van der Waals surface area contributed by atoms with Gasteiger partial charge in [0, 0.05) is 31.4 Å². The van der Waals surface area contributed by atoms with E-state index in [4.69, 9.17) is 0 Å². The molecule has 1 atom stereocenters. The molecule has 2 rings (SSSR count). The van der Waals surface area contributed by atoms with E-state index in [1.807, 2.05) is 6.92 Å². The van der Waals surface area contributed by atoms with Crippen molar-refractivity contribution in [2.45, 2.75) is 52.3 Å². The average Bonchev–Trinajstić information content (AvgIpc) is 2.67. The monoisotopic (exact) mass is 262 g/mol. The number of nitrogens with one attached hydrogen (secondary N) is 1. The van der Waals surface area contributed by atoms with Crippen LogP contribution in [0.2, 0.25) is 0 Å². The van der Waals surface area contributed by atoms with E-state index in [-0.39, 0.29) is 0 Å². The molecule has 0 bridgehead atoms. The minimum Gasteiger partial charge on any atom is -0.388 e. The van der Waals surface area contributed by atoms with Crippen LogP contribution < -0.4 is 10.2 Å². The zero-order valence-electron chi connectivity index (χ0n) is 12.5. The number of nitrogens with zero attached hydrogens (tertiary/aromatic N) is 1. The summed E-state index contributed by atoms with van der Waals surface area (Å²) in [6.45, 7) is 11.0. The van der Waals surface area contributed by atoms with Crippen molar-refractivity contribution in [2.75, 3.05) is 18.0 Å². The third-order valence-electron chi connectivity index (χ3n) is 3.77. The third-order valence-corrected chi connectivity index (χ3v) is 3.77. The lowest BCUT2D eigenvalue weighted by atomic mass is 10.1. The summed E-state index contributed by atoms with van der Waals surface area (Å²) in [5.74, 6) is 0. The van der Waals surface area contributed by atoms with Crippen LogP contribution in [0.25, 0.3) is 0 Å². The van der Waals surface area contributed by atoms with Crippen molar-refractivity contribution in [2.24, 2.45) is 0 Å². The van der Waals surface area contributed by atoms with Crippen LogP contribution in [0.4, 0.5) is 5.69 Å². The Morgan fingerprint density at radius 3 is 2.68 bits per heavy atom. The van der Waals surface area contributed by atoms with Crippen LogP contribution in [0.3, 0.4) is 0 Å². The van der Waals surface area contributed by atoms with Crippen LogP contribution in [0.15, 0.2) is 18.2 Å². The topological polar surface area (TPSA) is 35.5 Å². The van der Waals surface area contributed by atoms with Gasteiger partial charge in [0.05, 0.1) is 5.60 Å². The summed E-state index contributed by atoms with van der Waals surface area (Å²) in [5.41, 5.74) is 3.33. The van der Waals surface area contributed by atoms with E-state index >= 15 is 0 Å². The highest BCUT2D eigenvalue weighted by Gasteiger charge is 2.31. The molecular weight excluding hydrogens is 236 g/mol. The van der Waals surface area contributed by atoms with Gasteiger partial charge in [0.15, 0.2) is 0 Å². The molecule has 0 aliphatic carbocycles. The van der Waals surface area contributed by atoms with Crippen molar-refractivity contribution < 1.29 is 5.11 Å². The summed E-state index contributed by atoms with van der Waals surface area (Å²) >= 11 is 0. The van der Waals surface area contributed by atoms with Gasteiger partial charge in [0.25, 0.3) is 0 Å². The van der Waals surface area contributed by atoms with Gasteiger partial charge >= 0.3 is 0 Å². The molecule has 0 spiro atoms. The van der Waals surface area contributed by atoms with Crippen molar-refractivity contribution in [3.63, 3.8) is 0 Å². The molecule has 1 aliphatic heterocycles. The molecule has 2 N–H and O–H groups in total. The minimum atomic E-state index is -0.537. The van der Waals surface area contributed by atoms with E-state index in [2.05, 4.69) is 49.2 Å². The first-order valence-electron chi connectivity index (χ1n) is 7.18. The molecule has 1 fully saturated rings. The number of aliphatic hydroxyl groups is 1. The Morgan fingerprint density at radius 2 is 2.16 bits per heavy atom. The van der Waals surface area contributed by atoms with Crippen molar-refractivity contribution in [1.29, 1.82) is 0 Å². The Kier molecular flexibility index (Phi) is 4.16. The van der Waals surface area contributed by atoms with Gasteiger partial charge < -0.3 is 15.3 Å². The fourth-order valence-electron chi connectivity index (χ4n) is 2.66. The molecule has 0 radical (unpaired) electrons. The number of hydrogen-bond acceptors (Lipinski definition) is 3. The molecule has 1 aliphatic rings. The Balaban J connectivity index is 2.07. The highest BCUT2D eigenvalue weighted by molar-refractivity contribution is 5.55. The van der Waals surface area contributed by atoms with Gasteiger partial charge in [-0.3, -0.25) is 0 Å². The molecule has 1 aromatic rings. The van der Waals surface area contributed by atoms with E-state index in [0.29, 0.717) is 6.04 Å². The Labute approximate surface area is 116 Å². The van der Waals surface area contributed by atoms with Crippen LogP contribution in [0.5, 0.6) is 0 Å².